The summed E-state index contributed by atoms with van der Waals surface area (Å²) >= 11 is 0. The van der Waals surface area contributed by atoms with Gasteiger partial charge in [0.2, 0.25) is 5.91 Å². The SMILES string of the molecule is C=C(c1nc(/C=C/CNC(=O)COCC)cc2c(N[C@@H]3CCN(C)C[C@@H]3F)cccc12)C(F)(F)F. The zero-order valence-corrected chi connectivity index (χ0v) is 19.8. The number of rotatable bonds is 9. The number of aromatic nitrogens is 1. The number of piperidine rings is 1. The van der Waals surface area contributed by atoms with E-state index in [1.807, 2.05) is 11.9 Å². The smallest absolute Gasteiger partial charge is 0.379 e. The summed E-state index contributed by atoms with van der Waals surface area (Å²) in [6, 6.07) is 6.06. The summed E-state index contributed by atoms with van der Waals surface area (Å²) in [6.07, 6.45) is -2.11. The number of anilines is 1. The largest absolute Gasteiger partial charge is 0.417 e. The number of carbonyl (C=O) groups excluding carboxylic acids is 1. The molecule has 0 radical (unpaired) electrons. The van der Waals surface area contributed by atoms with Crippen molar-refractivity contribution in [2.45, 2.75) is 31.7 Å². The number of pyridine rings is 1. The van der Waals surface area contributed by atoms with E-state index in [4.69, 9.17) is 4.74 Å². The van der Waals surface area contributed by atoms with E-state index in [1.54, 1.807) is 37.3 Å². The number of nitrogens with zero attached hydrogens (tertiary/aromatic N) is 2. The molecule has 2 N–H and O–H groups in total. The van der Waals surface area contributed by atoms with Crippen molar-refractivity contribution in [3.8, 4) is 0 Å². The fraction of sp³-hybridized carbons (Fsp3) is 0.440. The Morgan fingerprint density at radius 2 is 2.11 bits per heavy atom. The Bertz CT molecular complexity index is 1090. The van der Waals surface area contributed by atoms with Gasteiger partial charge in [0.15, 0.2) is 0 Å². The molecule has 2 atom stereocenters. The molecule has 0 saturated carbocycles. The molecule has 190 valence electrons. The van der Waals surface area contributed by atoms with Crippen LogP contribution >= 0.6 is 0 Å². The Balaban J connectivity index is 1.94. The summed E-state index contributed by atoms with van der Waals surface area (Å²) in [7, 11) is 1.85. The van der Waals surface area contributed by atoms with Crippen LogP contribution in [0.15, 0.2) is 36.9 Å². The van der Waals surface area contributed by atoms with Crippen LogP contribution < -0.4 is 10.6 Å². The van der Waals surface area contributed by atoms with Gasteiger partial charge in [0.1, 0.15) is 12.8 Å². The topological polar surface area (TPSA) is 66.5 Å². The van der Waals surface area contributed by atoms with Crippen LogP contribution in [-0.2, 0) is 9.53 Å². The zero-order valence-electron chi connectivity index (χ0n) is 19.8. The predicted molar refractivity (Wildman–Crippen MR) is 130 cm³/mol. The van der Waals surface area contributed by atoms with Crippen molar-refractivity contribution in [3.05, 3.63) is 48.3 Å². The highest BCUT2D eigenvalue weighted by Gasteiger charge is 2.35. The first kappa shape index (κ1) is 26.6. The van der Waals surface area contributed by atoms with Crippen molar-refractivity contribution >= 4 is 34.0 Å². The van der Waals surface area contributed by atoms with Crippen LogP contribution in [0.4, 0.5) is 23.2 Å². The lowest BCUT2D eigenvalue weighted by Crippen LogP contribution is -2.46. The first-order chi connectivity index (χ1) is 16.6. The number of fused-ring (bicyclic) bond motifs is 1. The van der Waals surface area contributed by atoms with E-state index in [0.717, 1.165) is 0 Å². The maximum atomic E-state index is 14.6. The highest BCUT2D eigenvalue weighted by molar-refractivity contribution is 6.00. The van der Waals surface area contributed by atoms with Crippen LogP contribution in [0.25, 0.3) is 22.4 Å². The monoisotopic (exact) mass is 494 g/mol. The van der Waals surface area contributed by atoms with Gasteiger partial charge in [-0.2, -0.15) is 13.2 Å². The van der Waals surface area contributed by atoms with Crippen LogP contribution in [0, 0.1) is 0 Å². The number of nitrogens with one attached hydrogen (secondary N) is 2. The summed E-state index contributed by atoms with van der Waals surface area (Å²) in [5.41, 5.74) is -0.578. The highest BCUT2D eigenvalue weighted by Crippen LogP contribution is 2.37. The van der Waals surface area contributed by atoms with E-state index >= 15 is 0 Å². The third kappa shape index (κ3) is 7.02. The second-order valence-corrected chi connectivity index (χ2v) is 8.43. The third-order valence-corrected chi connectivity index (χ3v) is 5.75. The summed E-state index contributed by atoms with van der Waals surface area (Å²) in [5.74, 6) is -0.306. The number of benzene rings is 1. The Labute approximate surface area is 202 Å². The summed E-state index contributed by atoms with van der Waals surface area (Å²) in [4.78, 5) is 17.8. The molecular weight excluding hydrogens is 464 g/mol. The zero-order chi connectivity index (χ0) is 25.6. The average molecular weight is 495 g/mol. The lowest BCUT2D eigenvalue weighted by Gasteiger charge is -2.33. The van der Waals surface area contributed by atoms with E-state index in [9.17, 15) is 22.4 Å². The predicted octanol–water partition coefficient (Wildman–Crippen LogP) is 4.43. The van der Waals surface area contributed by atoms with E-state index in [1.165, 1.54) is 6.08 Å². The molecular formula is C25H30F4N4O2. The molecule has 35 heavy (non-hydrogen) atoms. The number of likely N-dealkylation sites (tertiary alicyclic amines) is 1. The molecule has 1 aliphatic heterocycles. The molecule has 1 aliphatic rings. The maximum Gasteiger partial charge on any atom is 0.417 e. The van der Waals surface area contributed by atoms with E-state index < -0.39 is 24.0 Å². The van der Waals surface area contributed by atoms with Gasteiger partial charge in [-0.1, -0.05) is 24.8 Å². The average Bonchev–Trinajstić information content (AvgIpc) is 2.81. The van der Waals surface area contributed by atoms with Crippen LogP contribution in [0.2, 0.25) is 0 Å². The van der Waals surface area contributed by atoms with Gasteiger partial charge in [-0.25, -0.2) is 9.37 Å². The van der Waals surface area contributed by atoms with Crippen LogP contribution in [-0.4, -0.2) is 74.1 Å². The highest BCUT2D eigenvalue weighted by atomic mass is 19.4. The van der Waals surface area contributed by atoms with Gasteiger partial charge in [-0.3, -0.25) is 4.79 Å². The fourth-order valence-electron chi connectivity index (χ4n) is 3.89. The van der Waals surface area contributed by atoms with Crippen molar-refractivity contribution in [1.29, 1.82) is 0 Å². The van der Waals surface area contributed by atoms with Crippen LogP contribution in [0.5, 0.6) is 0 Å². The standard InChI is InChI=1S/C25H30F4N4O2/c1-4-35-15-23(34)30-11-6-7-17-13-19-18(24(31-17)16(2)25(27,28)29)8-5-9-21(19)32-22-10-12-33(3)14-20(22)26/h5-9,13,20,22,32H,2,4,10-12,14-15H2,1,3H3,(H,30,34)/b7-6+/t20-,22+/m0/s1. The lowest BCUT2D eigenvalue weighted by atomic mass is 9.99. The number of hydrogen-bond acceptors (Lipinski definition) is 5. The minimum Gasteiger partial charge on any atom is -0.379 e. The lowest BCUT2D eigenvalue weighted by molar-refractivity contribution is -0.125. The van der Waals surface area contributed by atoms with E-state index in [0.29, 0.717) is 30.6 Å². The number of halogens is 4. The van der Waals surface area contributed by atoms with Gasteiger partial charge in [-0.15, -0.1) is 0 Å². The second-order valence-electron chi connectivity index (χ2n) is 8.43. The molecule has 0 aliphatic carbocycles. The van der Waals surface area contributed by atoms with Crippen molar-refractivity contribution in [2.24, 2.45) is 0 Å². The molecule has 6 nitrogen and oxygen atoms in total. The molecule has 1 saturated heterocycles. The van der Waals surface area contributed by atoms with Crippen LogP contribution in [0.1, 0.15) is 24.7 Å². The Hall–Kier alpha value is -2.98. The van der Waals surface area contributed by atoms with Gasteiger partial charge >= 0.3 is 6.18 Å². The Morgan fingerprint density at radius 1 is 1.34 bits per heavy atom. The number of alkyl halides is 4. The number of amides is 1. The van der Waals surface area contributed by atoms with Gasteiger partial charge in [0.05, 0.1) is 23.0 Å². The van der Waals surface area contributed by atoms with Crippen molar-refractivity contribution in [1.82, 2.24) is 15.2 Å². The molecule has 1 aromatic heterocycles. The molecule has 0 bridgehead atoms. The molecule has 3 rings (SSSR count). The quantitative estimate of drug-likeness (QED) is 0.505. The third-order valence-electron chi connectivity index (χ3n) is 5.75. The molecule has 2 aromatic rings. The summed E-state index contributed by atoms with van der Waals surface area (Å²) < 4.78 is 60.4. The minimum atomic E-state index is -4.67. The molecule has 1 fully saturated rings. The molecule has 10 heteroatoms. The second kappa shape index (κ2) is 11.6. The number of hydrogen-bond donors (Lipinski definition) is 2. The van der Waals surface area contributed by atoms with E-state index in [2.05, 4.69) is 22.2 Å². The maximum absolute atomic E-state index is 14.6. The summed E-state index contributed by atoms with van der Waals surface area (Å²) in [5, 5.41) is 6.57. The number of ether oxygens (including phenoxy) is 1. The normalized spacial score (nSPS) is 19.3. The molecule has 0 spiro atoms. The fourth-order valence-corrected chi connectivity index (χ4v) is 3.89. The molecule has 1 amide bonds. The Morgan fingerprint density at radius 3 is 2.80 bits per heavy atom. The molecule has 1 aromatic carbocycles. The number of allylic oxidation sites excluding steroid dienone is 1. The van der Waals surface area contributed by atoms with Crippen molar-refractivity contribution in [2.75, 3.05) is 45.2 Å². The molecule has 0 unspecified atom stereocenters. The van der Waals surface area contributed by atoms with Gasteiger partial charge in [-0.05, 0) is 38.6 Å². The van der Waals surface area contributed by atoms with E-state index in [-0.39, 0.29) is 42.4 Å². The minimum absolute atomic E-state index is 0.0737. The van der Waals surface area contributed by atoms with Gasteiger partial charge < -0.3 is 20.3 Å². The van der Waals surface area contributed by atoms with Gasteiger partial charge in [0, 0.05) is 42.7 Å². The first-order valence-corrected chi connectivity index (χ1v) is 11.4. The summed E-state index contributed by atoms with van der Waals surface area (Å²) in [6.45, 7) is 6.49. The number of carbonyl (C=O) groups is 1. The first-order valence-electron chi connectivity index (χ1n) is 11.4. The van der Waals surface area contributed by atoms with Crippen molar-refractivity contribution < 1.29 is 27.1 Å². The van der Waals surface area contributed by atoms with Crippen LogP contribution in [0.3, 0.4) is 0 Å². The Kier molecular flexibility index (Phi) is 8.85. The van der Waals surface area contributed by atoms with Crippen molar-refractivity contribution in [3.63, 3.8) is 0 Å². The molecule has 2 heterocycles. The van der Waals surface area contributed by atoms with Gasteiger partial charge in [0.25, 0.3) is 0 Å².